The van der Waals surface area contributed by atoms with Gasteiger partial charge in [0.1, 0.15) is 0 Å². The summed E-state index contributed by atoms with van der Waals surface area (Å²) < 4.78 is 0. The lowest BCUT2D eigenvalue weighted by atomic mass is 10.1. The first-order chi connectivity index (χ1) is 7.40. The van der Waals surface area contributed by atoms with Gasteiger partial charge in [-0.3, -0.25) is 0 Å². The molecular formula is C14H23NS. The molecule has 2 heteroatoms. The van der Waals surface area contributed by atoms with Crippen LogP contribution in [0.3, 0.4) is 0 Å². The molecule has 0 saturated heterocycles. The van der Waals surface area contributed by atoms with Crippen LogP contribution in [0.25, 0.3) is 5.57 Å². The van der Waals surface area contributed by atoms with E-state index in [4.69, 9.17) is 0 Å². The van der Waals surface area contributed by atoms with E-state index in [9.17, 15) is 0 Å². The van der Waals surface area contributed by atoms with E-state index in [1.165, 1.54) is 16.0 Å². The van der Waals surface area contributed by atoms with Gasteiger partial charge >= 0.3 is 0 Å². The molecule has 0 aliphatic carbocycles. The number of allylic oxidation sites excluding steroid dienone is 1. The van der Waals surface area contributed by atoms with Gasteiger partial charge in [0.05, 0.1) is 0 Å². The van der Waals surface area contributed by atoms with E-state index in [0.29, 0.717) is 0 Å². The fourth-order valence-electron chi connectivity index (χ4n) is 1.61. The molecule has 0 amide bonds. The maximum Gasteiger partial charge on any atom is 0.0325 e. The van der Waals surface area contributed by atoms with Crippen LogP contribution in [0.15, 0.2) is 17.5 Å². The highest BCUT2D eigenvalue weighted by molar-refractivity contribution is 7.11. The average Bonchev–Trinajstić information content (AvgIpc) is 2.57. The molecule has 0 saturated carbocycles. The van der Waals surface area contributed by atoms with E-state index in [2.05, 4.69) is 57.5 Å². The largest absolute Gasteiger partial charge is 0.312 e. The van der Waals surface area contributed by atoms with Gasteiger partial charge in [-0.1, -0.05) is 6.08 Å². The quantitative estimate of drug-likeness (QED) is 0.772. The minimum atomic E-state index is 0.223. The Morgan fingerprint density at radius 3 is 2.62 bits per heavy atom. The zero-order valence-corrected chi connectivity index (χ0v) is 11.9. The van der Waals surface area contributed by atoms with Crippen molar-refractivity contribution in [2.75, 3.05) is 6.54 Å². The number of hydrogen-bond donors (Lipinski definition) is 1. The van der Waals surface area contributed by atoms with Crippen molar-refractivity contribution in [2.45, 2.75) is 46.6 Å². The molecule has 0 unspecified atom stereocenters. The fraction of sp³-hybridized carbons (Fsp3) is 0.571. The Kier molecular flexibility index (Phi) is 4.75. The van der Waals surface area contributed by atoms with Crippen LogP contribution in [0.4, 0.5) is 0 Å². The topological polar surface area (TPSA) is 12.0 Å². The van der Waals surface area contributed by atoms with Gasteiger partial charge in [-0.25, -0.2) is 0 Å². The summed E-state index contributed by atoms with van der Waals surface area (Å²) in [5.41, 5.74) is 3.02. The molecule has 1 aromatic heterocycles. The molecule has 16 heavy (non-hydrogen) atoms. The first kappa shape index (κ1) is 13.5. The second-order valence-corrected chi connectivity index (χ2v) is 6.20. The smallest absolute Gasteiger partial charge is 0.0325 e. The first-order valence-corrected chi connectivity index (χ1v) is 6.74. The lowest BCUT2D eigenvalue weighted by Crippen LogP contribution is -2.36. The first-order valence-electron chi connectivity index (χ1n) is 5.86. The summed E-state index contributed by atoms with van der Waals surface area (Å²) in [7, 11) is 0. The minimum absolute atomic E-state index is 0.223. The van der Waals surface area contributed by atoms with E-state index in [-0.39, 0.29) is 5.54 Å². The fourth-order valence-corrected chi connectivity index (χ4v) is 2.54. The van der Waals surface area contributed by atoms with E-state index >= 15 is 0 Å². The second kappa shape index (κ2) is 5.65. The van der Waals surface area contributed by atoms with Gasteiger partial charge in [0.25, 0.3) is 0 Å². The van der Waals surface area contributed by atoms with E-state index in [0.717, 1.165) is 13.0 Å². The highest BCUT2D eigenvalue weighted by Crippen LogP contribution is 2.24. The molecule has 1 rings (SSSR count). The Hall–Kier alpha value is -0.600. The molecule has 0 radical (unpaired) electrons. The summed E-state index contributed by atoms with van der Waals surface area (Å²) in [6, 6.07) is 2.19. The Bertz CT molecular complexity index is 355. The Labute approximate surface area is 104 Å². The molecule has 1 nitrogen and oxygen atoms in total. The predicted octanol–water partition coefficient (Wildman–Crippen LogP) is 4.24. The maximum absolute atomic E-state index is 3.50. The van der Waals surface area contributed by atoms with Crippen LogP contribution in [-0.2, 0) is 0 Å². The molecular weight excluding hydrogens is 214 g/mol. The van der Waals surface area contributed by atoms with Gasteiger partial charge in [-0.05, 0) is 70.2 Å². The van der Waals surface area contributed by atoms with Gasteiger partial charge in [0.2, 0.25) is 0 Å². The van der Waals surface area contributed by atoms with Crippen LogP contribution in [-0.4, -0.2) is 12.1 Å². The van der Waals surface area contributed by atoms with Crippen LogP contribution < -0.4 is 5.32 Å². The van der Waals surface area contributed by atoms with Crippen LogP contribution >= 0.6 is 11.3 Å². The lowest BCUT2D eigenvalue weighted by molar-refractivity contribution is 0.431. The molecule has 0 fully saturated rings. The zero-order valence-electron chi connectivity index (χ0n) is 11.1. The third-order valence-electron chi connectivity index (χ3n) is 2.47. The number of thiophene rings is 1. The summed E-state index contributed by atoms with van der Waals surface area (Å²) in [5.74, 6) is 0. The van der Waals surface area contributed by atoms with Crippen molar-refractivity contribution in [3.63, 3.8) is 0 Å². The normalized spacial score (nSPS) is 13.2. The highest BCUT2D eigenvalue weighted by Gasteiger charge is 2.07. The van der Waals surface area contributed by atoms with Gasteiger partial charge in [-0.2, -0.15) is 0 Å². The number of nitrogens with one attached hydrogen (secondary N) is 1. The minimum Gasteiger partial charge on any atom is -0.312 e. The van der Waals surface area contributed by atoms with Crippen LogP contribution in [0.5, 0.6) is 0 Å². The Balaban J connectivity index is 2.44. The van der Waals surface area contributed by atoms with Crippen molar-refractivity contribution >= 4 is 16.9 Å². The molecule has 0 spiro atoms. The molecule has 1 heterocycles. The molecule has 0 aromatic carbocycles. The average molecular weight is 237 g/mol. The van der Waals surface area contributed by atoms with Crippen molar-refractivity contribution in [1.82, 2.24) is 5.32 Å². The molecule has 0 aliphatic heterocycles. The van der Waals surface area contributed by atoms with Gasteiger partial charge in [0.15, 0.2) is 0 Å². The van der Waals surface area contributed by atoms with Crippen LogP contribution in [0.2, 0.25) is 0 Å². The number of rotatable bonds is 4. The molecule has 90 valence electrons. The van der Waals surface area contributed by atoms with Gasteiger partial charge in [-0.15, -0.1) is 11.3 Å². The standard InChI is InChI=1S/C14H23NS/c1-11(13-12(2)8-10-16-13)7-6-9-15-14(3,4)5/h7-8,10,15H,6,9H2,1-5H3. The van der Waals surface area contributed by atoms with E-state index in [1.54, 1.807) is 0 Å². The summed E-state index contributed by atoms with van der Waals surface area (Å²) in [6.07, 6.45) is 3.43. The van der Waals surface area contributed by atoms with E-state index < -0.39 is 0 Å². The van der Waals surface area contributed by atoms with Crippen molar-refractivity contribution < 1.29 is 0 Å². The van der Waals surface area contributed by atoms with Crippen molar-refractivity contribution in [3.8, 4) is 0 Å². The molecule has 0 aliphatic rings. The monoisotopic (exact) mass is 237 g/mol. The van der Waals surface area contributed by atoms with Crippen LogP contribution in [0, 0.1) is 6.92 Å². The van der Waals surface area contributed by atoms with Crippen molar-refractivity contribution in [1.29, 1.82) is 0 Å². The number of aryl methyl sites for hydroxylation is 1. The Morgan fingerprint density at radius 1 is 1.44 bits per heavy atom. The third-order valence-corrected chi connectivity index (χ3v) is 3.62. The summed E-state index contributed by atoms with van der Waals surface area (Å²) in [6.45, 7) is 12.0. The maximum atomic E-state index is 3.50. The summed E-state index contributed by atoms with van der Waals surface area (Å²) >= 11 is 1.83. The number of hydrogen-bond acceptors (Lipinski definition) is 2. The van der Waals surface area contributed by atoms with Crippen LogP contribution in [0.1, 0.15) is 44.6 Å². The molecule has 0 bridgehead atoms. The molecule has 1 N–H and O–H groups in total. The SMILES string of the molecule is CC(=CCCNC(C)(C)C)c1sccc1C. The molecule has 0 atom stereocenters. The summed E-state index contributed by atoms with van der Waals surface area (Å²) in [5, 5.41) is 5.66. The van der Waals surface area contributed by atoms with Crippen molar-refractivity contribution in [3.05, 3.63) is 28.0 Å². The zero-order chi connectivity index (χ0) is 12.2. The van der Waals surface area contributed by atoms with Gasteiger partial charge in [0, 0.05) is 10.4 Å². The van der Waals surface area contributed by atoms with Crippen molar-refractivity contribution in [2.24, 2.45) is 0 Å². The highest BCUT2D eigenvalue weighted by atomic mass is 32.1. The summed E-state index contributed by atoms with van der Waals surface area (Å²) in [4.78, 5) is 1.43. The Morgan fingerprint density at radius 2 is 2.12 bits per heavy atom. The predicted molar refractivity (Wildman–Crippen MR) is 75.1 cm³/mol. The third kappa shape index (κ3) is 4.50. The molecule has 1 aromatic rings. The second-order valence-electron chi connectivity index (χ2n) is 5.29. The lowest BCUT2D eigenvalue weighted by Gasteiger charge is -2.19. The van der Waals surface area contributed by atoms with E-state index in [1.807, 2.05) is 11.3 Å². The van der Waals surface area contributed by atoms with Gasteiger partial charge < -0.3 is 5.32 Å².